The lowest BCUT2D eigenvalue weighted by molar-refractivity contribution is -0.937. The lowest BCUT2D eigenvalue weighted by atomic mass is 9.87. The summed E-state index contributed by atoms with van der Waals surface area (Å²) in [6, 6.07) is 20.1. The fourth-order valence-electron chi connectivity index (χ4n) is 4.41. The van der Waals surface area contributed by atoms with Gasteiger partial charge in [0.1, 0.15) is 30.6 Å². The number of thiophene rings is 1. The van der Waals surface area contributed by atoms with Gasteiger partial charge in [-0.2, -0.15) is 0 Å². The number of amides is 1. The molecule has 0 radical (unpaired) electrons. The molecule has 1 fully saturated rings. The van der Waals surface area contributed by atoms with Crippen LogP contribution in [0.5, 0.6) is 11.5 Å². The van der Waals surface area contributed by atoms with E-state index in [2.05, 4.69) is 22.8 Å². The van der Waals surface area contributed by atoms with Crippen molar-refractivity contribution in [3.05, 3.63) is 82.0 Å². The first-order valence-electron chi connectivity index (χ1n) is 10.4. The zero-order valence-electron chi connectivity index (χ0n) is 16.7. The molecule has 6 heteroatoms. The van der Waals surface area contributed by atoms with Gasteiger partial charge >= 0.3 is 0 Å². The Morgan fingerprint density at radius 1 is 1.00 bits per heavy atom. The first kappa shape index (κ1) is 19.3. The van der Waals surface area contributed by atoms with Crippen LogP contribution in [0.15, 0.2) is 66.0 Å². The molecule has 3 heterocycles. The van der Waals surface area contributed by atoms with Crippen LogP contribution >= 0.6 is 11.3 Å². The summed E-state index contributed by atoms with van der Waals surface area (Å²) in [5.74, 6) is 1.16. The predicted molar refractivity (Wildman–Crippen MR) is 116 cm³/mol. The van der Waals surface area contributed by atoms with Crippen LogP contribution < -0.4 is 15.0 Å². The Morgan fingerprint density at radius 2 is 1.67 bits per heavy atom. The van der Waals surface area contributed by atoms with Crippen molar-refractivity contribution >= 4 is 17.2 Å². The number of hydrogen-bond donors (Lipinski definition) is 2. The molecule has 30 heavy (non-hydrogen) atoms. The highest BCUT2D eigenvalue weighted by atomic mass is 32.1. The lowest BCUT2D eigenvalue weighted by Crippen LogP contribution is -3.15. The molecule has 2 N–H and O–H groups in total. The van der Waals surface area contributed by atoms with Gasteiger partial charge in [-0.25, -0.2) is 0 Å². The predicted octanol–water partition coefficient (Wildman–Crippen LogP) is 2.76. The number of benzene rings is 2. The average Bonchev–Trinajstić information content (AvgIpc) is 3.33. The quantitative estimate of drug-likeness (QED) is 0.666. The molecule has 0 saturated carbocycles. The molecule has 0 spiro atoms. The number of hydrogen-bond acceptors (Lipinski definition) is 4. The van der Waals surface area contributed by atoms with Gasteiger partial charge in [0.05, 0.1) is 30.6 Å². The molecule has 5 rings (SSSR count). The summed E-state index contributed by atoms with van der Waals surface area (Å²) < 4.78 is 11.6. The number of fused-ring (bicyclic) bond motifs is 2. The van der Waals surface area contributed by atoms with Crippen LogP contribution in [0.4, 0.5) is 0 Å². The molecule has 1 saturated heterocycles. The molecule has 0 aliphatic carbocycles. The Hall–Kier alpha value is -2.67. The van der Waals surface area contributed by atoms with Crippen molar-refractivity contribution in [1.29, 1.82) is 0 Å². The minimum absolute atomic E-state index is 0.0208. The van der Waals surface area contributed by atoms with Crippen LogP contribution in [-0.2, 0) is 9.53 Å². The number of carbonyl (C=O) groups is 1. The van der Waals surface area contributed by atoms with Gasteiger partial charge in [0, 0.05) is 11.1 Å². The van der Waals surface area contributed by atoms with Crippen molar-refractivity contribution in [3.8, 4) is 11.5 Å². The van der Waals surface area contributed by atoms with Crippen molar-refractivity contribution in [3.63, 3.8) is 0 Å². The highest BCUT2D eigenvalue weighted by Gasteiger charge is 2.34. The third-order valence-electron chi connectivity index (χ3n) is 5.94. The van der Waals surface area contributed by atoms with Crippen molar-refractivity contribution < 1.29 is 19.2 Å². The molecule has 2 aromatic carbocycles. The second kappa shape index (κ2) is 8.60. The minimum atomic E-state index is -0.366. The van der Waals surface area contributed by atoms with Crippen molar-refractivity contribution in [2.24, 2.45) is 0 Å². The highest BCUT2D eigenvalue weighted by molar-refractivity contribution is 7.10. The van der Waals surface area contributed by atoms with Gasteiger partial charge in [-0.3, -0.25) is 4.79 Å². The summed E-state index contributed by atoms with van der Waals surface area (Å²) in [6.45, 7) is 4.07. The number of quaternary nitrogens is 1. The van der Waals surface area contributed by atoms with E-state index >= 15 is 0 Å². The van der Waals surface area contributed by atoms with E-state index in [-0.39, 0.29) is 17.9 Å². The Morgan fingerprint density at radius 3 is 2.30 bits per heavy atom. The van der Waals surface area contributed by atoms with Gasteiger partial charge in [0.25, 0.3) is 0 Å². The number of para-hydroxylation sites is 2. The molecule has 154 valence electrons. The van der Waals surface area contributed by atoms with Crippen LogP contribution in [-0.4, -0.2) is 38.8 Å². The van der Waals surface area contributed by atoms with E-state index in [0.717, 1.165) is 48.9 Å². The van der Waals surface area contributed by atoms with E-state index in [4.69, 9.17) is 9.47 Å². The van der Waals surface area contributed by atoms with Crippen LogP contribution in [0.2, 0.25) is 0 Å². The van der Waals surface area contributed by atoms with E-state index < -0.39 is 0 Å². The maximum Gasteiger partial charge on any atom is 0.232 e. The molecule has 2 aliphatic heterocycles. The van der Waals surface area contributed by atoms with Crippen LogP contribution in [0.25, 0.3) is 0 Å². The van der Waals surface area contributed by atoms with Crippen LogP contribution in [0.3, 0.4) is 0 Å². The molecule has 2 aliphatic rings. The second-order valence-corrected chi connectivity index (χ2v) is 8.67. The molecular formula is C24H25N2O3S+. The largest absolute Gasteiger partial charge is 0.457 e. The number of nitrogens with one attached hydrogen (secondary N) is 2. The molecule has 5 nitrogen and oxygen atoms in total. The fraction of sp³-hybridized carbons (Fsp3) is 0.292. The van der Waals surface area contributed by atoms with E-state index in [1.54, 1.807) is 11.3 Å². The minimum Gasteiger partial charge on any atom is -0.457 e. The van der Waals surface area contributed by atoms with E-state index in [1.165, 1.54) is 9.78 Å². The number of morpholine rings is 1. The zero-order valence-corrected chi connectivity index (χ0v) is 17.5. The summed E-state index contributed by atoms with van der Waals surface area (Å²) >= 11 is 1.76. The normalized spacial score (nSPS) is 17.5. The fourth-order valence-corrected chi connectivity index (χ4v) is 5.30. The van der Waals surface area contributed by atoms with Crippen molar-refractivity contribution in [1.82, 2.24) is 5.32 Å². The van der Waals surface area contributed by atoms with Crippen molar-refractivity contribution in [2.75, 3.05) is 32.8 Å². The monoisotopic (exact) mass is 421 g/mol. The molecule has 3 aromatic rings. The topological polar surface area (TPSA) is 52.0 Å². The van der Waals surface area contributed by atoms with Gasteiger partial charge in [0.15, 0.2) is 0 Å². The van der Waals surface area contributed by atoms with Crippen LogP contribution in [0, 0.1) is 0 Å². The maximum absolute atomic E-state index is 13.5. The number of carbonyl (C=O) groups excluding carboxylic acids is 1. The Bertz CT molecular complexity index is 969. The third kappa shape index (κ3) is 3.74. The summed E-state index contributed by atoms with van der Waals surface area (Å²) in [7, 11) is 0. The van der Waals surface area contributed by atoms with Gasteiger partial charge in [-0.15, -0.1) is 11.3 Å². The summed E-state index contributed by atoms with van der Waals surface area (Å²) in [4.78, 5) is 16.3. The maximum atomic E-state index is 13.5. The van der Waals surface area contributed by atoms with E-state index in [1.807, 2.05) is 48.5 Å². The Kier molecular flexibility index (Phi) is 5.53. The van der Waals surface area contributed by atoms with Gasteiger partial charge in [-0.1, -0.05) is 42.5 Å². The zero-order chi connectivity index (χ0) is 20.3. The second-order valence-electron chi connectivity index (χ2n) is 7.69. The number of ether oxygens (including phenoxy) is 2. The molecule has 1 aromatic heterocycles. The Balaban J connectivity index is 1.40. The lowest BCUT2D eigenvalue weighted by Gasteiger charge is -2.32. The SMILES string of the molecule is O=C(NC[C@H](c1cccs1)[NH+]1CCOCC1)C1c2ccccc2Oc2ccccc21. The van der Waals surface area contributed by atoms with E-state index in [9.17, 15) is 4.79 Å². The summed E-state index contributed by atoms with van der Waals surface area (Å²) in [5.41, 5.74) is 1.83. The summed E-state index contributed by atoms with van der Waals surface area (Å²) in [5, 5.41) is 5.38. The molecule has 0 bridgehead atoms. The molecular weight excluding hydrogens is 396 g/mol. The smallest absolute Gasteiger partial charge is 0.232 e. The van der Waals surface area contributed by atoms with Gasteiger partial charge < -0.3 is 19.7 Å². The number of rotatable bonds is 5. The van der Waals surface area contributed by atoms with E-state index in [0.29, 0.717) is 6.54 Å². The Labute approximate surface area is 180 Å². The standard InChI is InChI=1S/C24H24N2O3S/c27-24(25-16-19(22-10-5-15-30-22)26-11-13-28-14-12-26)23-17-6-1-3-8-20(17)29-21-9-4-2-7-18(21)23/h1-10,15,19,23H,11-14,16H2,(H,25,27)/p+1/t19-/m1/s1. The van der Waals surface area contributed by atoms with Crippen molar-refractivity contribution in [2.45, 2.75) is 12.0 Å². The van der Waals surface area contributed by atoms with Crippen LogP contribution in [0.1, 0.15) is 28.0 Å². The molecule has 1 amide bonds. The summed E-state index contributed by atoms with van der Waals surface area (Å²) in [6.07, 6.45) is 0. The average molecular weight is 422 g/mol. The third-order valence-corrected chi connectivity index (χ3v) is 6.92. The first-order valence-corrected chi connectivity index (χ1v) is 11.3. The van der Waals surface area contributed by atoms with Gasteiger partial charge in [0.2, 0.25) is 5.91 Å². The first-order chi connectivity index (χ1) is 14.8. The highest BCUT2D eigenvalue weighted by Crippen LogP contribution is 2.43. The molecule has 1 atom stereocenters. The van der Waals surface area contributed by atoms with Gasteiger partial charge in [-0.05, 0) is 23.6 Å². The molecule has 0 unspecified atom stereocenters.